The molecule has 176 valence electrons. The van der Waals surface area contributed by atoms with E-state index < -0.39 is 0 Å². The van der Waals surface area contributed by atoms with Crippen molar-refractivity contribution in [1.29, 1.82) is 0 Å². The van der Waals surface area contributed by atoms with E-state index in [0.29, 0.717) is 12.4 Å². The smallest absolute Gasteiger partial charge is 0.229 e. The molecule has 0 bridgehead atoms. The molecule has 4 rings (SSSR count). The van der Waals surface area contributed by atoms with Crippen LogP contribution in [0.2, 0.25) is 0 Å². The molecule has 0 unspecified atom stereocenters. The summed E-state index contributed by atoms with van der Waals surface area (Å²) in [4.78, 5) is 25.0. The Balaban J connectivity index is 1.47. The molecule has 0 saturated carbocycles. The number of carbonyl (C=O) groups excluding carboxylic acids is 1. The Morgan fingerprint density at radius 1 is 1.12 bits per heavy atom. The summed E-state index contributed by atoms with van der Waals surface area (Å²) in [6.07, 6.45) is 5.90. The van der Waals surface area contributed by atoms with Gasteiger partial charge in [0.05, 0.1) is 0 Å². The van der Waals surface area contributed by atoms with Gasteiger partial charge in [-0.15, -0.1) is 0 Å². The molecule has 3 heterocycles. The van der Waals surface area contributed by atoms with Gasteiger partial charge >= 0.3 is 0 Å². The number of unbranched alkanes of at least 4 members (excludes halogenated alkanes) is 2. The lowest BCUT2D eigenvalue weighted by Gasteiger charge is -2.35. The van der Waals surface area contributed by atoms with Crippen LogP contribution in [0.3, 0.4) is 0 Å². The topological polar surface area (TPSA) is 86.5 Å². The molecule has 1 fully saturated rings. The zero-order chi connectivity index (χ0) is 23.2. The number of aliphatic hydroxyl groups is 1. The minimum Gasteiger partial charge on any atom is -0.396 e. The molecule has 1 saturated heterocycles. The van der Waals surface area contributed by atoms with E-state index in [-0.39, 0.29) is 12.5 Å². The Bertz CT molecular complexity index is 1070. The molecular formula is C25H34N6O2. The molecule has 8 nitrogen and oxygen atoms in total. The predicted octanol–water partition coefficient (Wildman–Crippen LogP) is 3.57. The summed E-state index contributed by atoms with van der Waals surface area (Å²) in [5.41, 5.74) is 4.09. The Labute approximate surface area is 195 Å². The van der Waals surface area contributed by atoms with Gasteiger partial charge in [0.15, 0.2) is 0 Å². The summed E-state index contributed by atoms with van der Waals surface area (Å²) in [5, 5.41) is 13.8. The molecule has 1 aliphatic rings. The van der Waals surface area contributed by atoms with Crippen LogP contribution in [0, 0.1) is 0 Å². The number of nitrogens with one attached hydrogen (secondary N) is 1. The summed E-state index contributed by atoms with van der Waals surface area (Å²) in [5.74, 6) is 0.710. The molecule has 1 amide bonds. The van der Waals surface area contributed by atoms with E-state index in [4.69, 9.17) is 4.98 Å². The normalized spacial score (nSPS) is 14.2. The Hall–Kier alpha value is -3.13. The van der Waals surface area contributed by atoms with Gasteiger partial charge < -0.3 is 24.8 Å². The second-order valence-corrected chi connectivity index (χ2v) is 8.61. The fourth-order valence-electron chi connectivity index (χ4n) is 4.41. The zero-order valence-corrected chi connectivity index (χ0v) is 19.6. The number of benzene rings is 1. The Kier molecular flexibility index (Phi) is 7.44. The van der Waals surface area contributed by atoms with Crippen molar-refractivity contribution in [3.8, 4) is 0 Å². The number of aryl methyl sites for hydroxylation is 1. The Morgan fingerprint density at radius 3 is 2.55 bits per heavy atom. The number of anilines is 3. The minimum atomic E-state index is 0.124. The maximum Gasteiger partial charge on any atom is 0.229 e. The van der Waals surface area contributed by atoms with Gasteiger partial charge in [-0.1, -0.05) is 19.8 Å². The first kappa shape index (κ1) is 23.0. The predicted molar refractivity (Wildman–Crippen MR) is 132 cm³/mol. The molecule has 33 heavy (non-hydrogen) atoms. The van der Waals surface area contributed by atoms with E-state index in [1.165, 1.54) is 12.8 Å². The van der Waals surface area contributed by atoms with Crippen LogP contribution in [0.15, 0.2) is 36.5 Å². The van der Waals surface area contributed by atoms with Crippen LogP contribution in [0.4, 0.5) is 17.3 Å². The first-order chi connectivity index (χ1) is 16.1. The van der Waals surface area contributed by atoms with Gasteiger partial charge in [0, 0.05) is 81.3 Å². The second kappa shape index (κ2) is 10.7. The SMILES string of the molecule is CCCCCn1c(CCO)cc2cnc(Nc3ccc(N4CCN(C(C)=O)CC4)cc3)nc21. The largest absolute Gasteiger partial charge is 0.396 e. The van der Waals surface area contributed by atoms with Crippen LogP contribution in [0.25, 0.3) is 11.0 Å². The molecule has 0 atom stereocenters. The molecule has 2 aromatic heterocycles. The summed E-state index contributed by atoms with van der Waals surface area (Å²) in [6.45, 7) is 8.07. The number of amides is 1. The quantitative estimate of drug-likeness (QED) is 0.485. The van der Waals surface area contributed by atoms with Crippen molar-refractivity contribution < 1.29 is 9.90 Å². The van der Waals surface area contributed by atoms with Crippen LogP contribution in [0.1, 0.15) is 38.8 Å². The highest BCUT2D eigenvalue weighted by atomic mass is 16.3. The molecule has 0 aliphatic carbocycles. The monoisotopic (exact) mass is 450 g/mol. The van der Waals surface area contributed by atoms with E-state index >= 15 is 0 Å². The average molecular weight is 451 g/mol. The molecule has 1 aromatic carbocycles. The van der Waals surface area contributed by atoms with Gasteiger partial charge in [0.2, 0.25) is 11.9 Å². The number of hydrogen-bond donors (Lipinski definition) is 2. The van der Waals surface area contributed by atoms with E-state index in [1.54, 1.807) is 6.92 Å². The lowest BCUT2D eigenvalue weighted by molar-refractivity contribution is -0.129. The van der Waals surface area contributed by atoms with Gasteiger partial charge in [-0.3, -0.25) is 4.79 Å². The summed E-state index contributed by atoms with van der Waals surface area (Å²) in [6, 6.07) is 10.4. The third-order valence-electron chi connectivity index (χ3n) is 6.29. The van der Waals surface area contributed by atoms with Crippen LogP contribution < -0.4 is 10.2 Å². The van der Waals surface area contributed by atoms with Crippen molar-refractivity contribution >= 4 is 34.3 Å². The number of piperazine rings is 1. The number of aromatic nitrogens is 3. The molecule has 3 aromatic rings. The number of hydrogen-bond acceptors (Lipinski definition) is 6. The average Bonchev–Trinajstić information content (AvgIpc) is 3.16. The van der Waals surface area contributed by atoms with Crippen molar-refractivity contribution in [3.63, 3.8) is 0 Å². The van der Waals surface area contributed by atoms with Gasteiger partial charge in [0.25, 0.3) is 0 Å². The lowest BCUT2D eigenvalue weighted by Crippen LogP contribution is -2.48. The standard InChI is InChI=1S/C25H34N6O2/c1-3-4-5-11-31-23(10-16-32)17-20-18-26-25(28-24(20)31)27-21-6-8-22(9-7-21)30-14-12-29(13-15-30)19(2)33/h6-9,17-18,32H,3-5,10-16H2,1-2H3,(H,26,27,28). The summed E-state index contributed by atoms with van der Waals surface area (Å²) >= 11 is 0. The first-order valence-electron chi connectivity index (χ1n) is 11.9. The van der Waals surface area contributed by atoms with Gasteiger partial charge in [0.1, 0.15) is 5.65 Å². The maximum atomic E-state index is 11.5. The van der Waals surface area contributed by atoms with Gasteiger partial charge in [-0.25, -0.2) is 4.98 Å². The number of nitrogens with zero attached hydrogens (tertiary/aromatic N) is 5. The highest BCUT2D eigenvalue weighted by Gasteiger charge is 2.18. The van der Waals surface area contributed by atoms with Crippen LogP contribution in [0.5, 0.6) is 0 Å². The summed E-state index contributed by atoms with van der Waals surface area (Å²) in [7, 11) is 0. The minimum absolute atomic E-state index is 0.124. The van der Waals surface area contributed by atoms with E-state index in [2.05, 4.69) is 44.9 Å². The fraction of sp³-hybridized carbons (Fsp3) is 0.480. The van der Waals surface area contributed by atoms with Gasteiger partial charge in [-0.05, 0) is 36.8 Å². The molecule has 1 aliphatic heterocycles. The number of rotatable bonds is 9. The van der Waals surface area contributed by atoms with Crippen LogP contribution in [-0.4, -0.2) is 63.2 Å². The second-order valence-electron chi connectivity index (χ2n) is 8.61. The highest BCUT2D eigenvalue weighted by Crippen LogP contribution is 2.24. The molecular weight excluding hydrogens is 416 g/mol. The fourth-order valence-corrected chi connectivity index (χ4v) is 4.41. The first-order valence-corrected chi connectivity index (χ1v) is 11.9. The third kappa shape index (κ3) is 5.45. The van der Waals surface area contributed by atoms with Crippen molar-refractivity contribution in [2.75, 3.05) is 43.0 Å². The Morgan fingerprint density at radius 2 is 1.88 bits per heavy atom. The molecule has 0 radical (unpaired) electrons. The maximum absolute atomic E-state index is 11.5. The molecule has 8 heteroatoms. The van der Waals surface area contributed by atoms with E-state index in [9.17, 15) is 9.90 Å². The number of fused-ring (bicyclic) bond motifs is 1. The third-order valence-corrected chi connectivity index (χ3v) is 6.29. The molecule has 0 spiro atoms. The van der Waals surface area contributed by atoms with Crippen molar-refractivity contribution in [1.82, 2.24) is 19.4 Å². The molecule has 2 N–H and O–H groups in total. The highest BCUT2D eigenvalue weighted by molar-refractivity contribution is 5.78. The van der Waals surface area contributed by atoms with E-state index in [1.807, 2.05) is 23.2 Å². The van der Waals surface area contributed by atoms with Crippen molar-refractivity contribution in [2.45, 2.75) is 46.1 Å². The van der Waals surface area contributed by atoms with Crippen molar-refractivity contribution in [2.24, 2.45) is 0 Å². The lowest BCUT2D eigenvalue weighted by atomic mass is 10.2. The summed E-state index contributed by atoms with van der Waals surface area (Å²) < 4.78 is 2.22. The van der Waals surface area contributed by atoms with Crippen LogP contribution in [-0.2, 0) is 17.8 Å². The van der Waals surface area contributed by atoms with Gasteiger partial charge in [-0.2, -0.15) is 4.98 Å². The van der Waals surface area contributed by atoms with Crippen LogP contribution >= 0.6 is 0 Å². The zero-order valence-electron chi connectivity index (χ0n) is 19.6. The van der Waals surface area contributed by atoms with E-state index in [0.717, 1.165) is 67.2 Å². The van der Waals surface area contributed by atoms with Crippen molar-refractivity contribution in [3.05, 3.63) is 42.2 Å². The number of aliphatic hydroxyl groups excluding tert-OH is 1. The number of carbonyl (C=O) groups is 1.